The number of methoxy groups -OCH3 is 3. The lowest BCUT2D eigenvalue weighted by Gasteiger charge is -2.18. The van der Waals surface area contributed by atoms with E-state index in [1.807, 2.05) is 19.1 Å². The quantitative estimate of drug-likeness (QED) is 0.241. The van der Waals surface area contributed by atoms with Gasteiger partial charge in [0.2, 0.25) is 5.91 Å². The first-order chi connectivity index (χ1) is 16.4. The number of thioether (sulfide) groups is 1. The zero-order valence-electron chi connectivity index (χ0n) is 19.6. The largest absolute Gasteiger partial charge is 0.493 e. The Morgan fingerprint density at radius 1 is 1.15 bits per heavy atom. The van der Waals surface area contributed by atoms with Crippen molar-refractivity contribution in [3.05, 3.63) is 57.3 Å². The average Bonchev–Trinajstić information content (AvgIpc) is 2.85. The second kappa shape index (κ2) is 12.1. The van der Waals surface area contributed by atoms with Crippen LogP contribution in [-0.2, 0) is 16.1 Å². The number of carbonyl (C=O) groups excluding carboxylic acids is 1. The van der Waals surface area contributed by atoms with E-state index in [9.17, 15) is 9.59 Å². The molecule has 34 heavy (non-hydrogen) atoms. The van der Waals surface area contributed by atoms with Crippen LogP contribution in [0.4, 0.5) is 0 Å². The number of fused-ring (bicyclic) bond motifs is 1. The van der Waals surface area contributed by atoms with Crippen LogP contribution in [0.3, 0.4) is 0 Å². The molecular formula is C24H28ClN3O5S. The van der Waals surface area contributed by atoms with Gasteiger partial charge in [-0.2, -0.15) is 0 Å². The molecule has 1 amide bonds. The molecule has 1 heterocycles. The highest BCUT2D eigenvalue weighted by Gasteiger charge is 2.23. The van der Waals surface area contributed by atoms with Crippen LogP contribution in [0, 0.1) is 0 Å². The van der Waals surface area contributed by atoms with Gasteiger partial charge >= 0.3 is 0 Å². The maximum atomic E-state index is 13.6. The predicted molar refractivity (Wildman–Crippen MR) is 134 cm³/mol. The van der Waals surface area contributed by atoms with Crippen molar-refractivity contribution >= 4 is 40.2 Å². The topological polar surface area (TPSA) is 91.7 Å². The number of carbonyl (C=O) groups is 1. The Balaban J connectivity index is 2.09. The molecule has 0 saturated heterocycles. The first kappa shape index (κ1) is 25.9. The highest BCUT2D eigenvalue weighted by molar-refractivity contribution is 8.00. The standard InChI is InChI=1S/C24H28ClN3O5S/c1-5-21(22(29)26-10-11-31-2)34-24-27-18-13-20(33-4)19(32-3)12-17(18)23(30)28(24)14-15-6-8-16(25)9-7-15/h6-9,12-13,21H,5,10-11,14H2,1-4H3,(H,26,29)/t21-/m1/s1. The zero-order valence-corrected chi connectivity index (χ0v) is 21.2. The summed E-state index contributed by atoms with van der Waals surface area (Å²) in [5.74, 6) is 0.776. The molecule has 3 aromatic rings. The Bertz CT molecular complexity index is 1200. The molecular weight excluding hydrogens is 478 g/mol. The summed E-state index contributed by atoms with van der Waals surface area (Å²) < 4.78 is 17.4. The van der Waals surface area contributed by atoms with Crippen LogP contribution in [0.1, 0.15) is 18.9 Å². The molecule has 3 rings (SSSR count). The Morgan fingerprint density at radius 2 is 1.82 bits per heavy atom. The molecule has 0 bridgehead atoms. The molecule has 0 unspecified atom stereocenters. The first-order valence-corrected chi connectivity index (χ1v) is 12.0. The molecule has 0 aliphatic heterocycles. The van der Waals surface area contributed by atoms with Crippen molar-refractivity contribution < 1.29 is 19.0 Å². The van der Waals surface area contributed by atoms with Gasteiger partial charge in [-0.15, -0.1) is 0 Å². The van der Waals surface area contributed by atoms with E-state index >= 15 is 0 Å². The van der Waals surface area contributed by atoms with E-state index in [1.54, 1.807) is 35.9 Å². The van der Waals surface area contributed by atoms with Crippen molar-refractivity contribution in [2.45, 2.75) is 30.3 Å². The van der Waals surface area contributed by atoms with E-state index in [4.69, 9.17) is 30.8 Å². The van der Waals surface area contributed by atoms with Gasteiger partial charge in [-0.05, 0) is 30.2 Å². The monoisotopic (exact) mass is 505 g/mol. The molecule has 0 aliphatic rings. The summed E-state index contributed by atoms with van der Waals surface area (Å²) >= 11 is 7.28. The highest BCUT2D eigenvalue weighted by Crippen LogP contribution is 2.32. The number of hydrogen-bond donors (Lipinski definition) is 1. The maximum Gasteiger partial charge on any atom is 0.262 e. The number of halogens is 1. The molecule has 10 heteroatoms. The summed E-state index contributed by atoms with van der Waals surface area (Å²) in [6.07, 6.45) is 0.560. The van der Waals surface area contributed by atoms with Crippen LogP contribution in [0.2, 0.25) is 5.02 Å². The van der Waals surface area contributed by atoms with E-state index in [0.29, 0.717) is 52.2 Å². The Morgan fingerprint density at radius 3 is 2.44 bits per heavy atom. The summed E-state index contributed by atoms with van der Waals surface area (Å²) in [5.41, 5.74) is 1.11. The van der Waals surface area contributed by atoms with Crippen molar-refractivity contribution in [1.29, 1.82) is 0 Å². The predicted octanol–water partition coefficient (Wildman–Crippen LogP) is 3.75. The van der Waals surface area contributed by atoms with Crippen LogP contribution in [-0.4, -0.2) is 55.2 Å². The van der Waals surface area contributed by atoms with Gasteiger partial charge in [0.1, 0.15) is 0 Å². The van der Waals surface area contributed by atoms with Crippen LogP contribution in [0.15, 0.2) is 46.3 Å². The minimum Gasteiger partial charge on any atom is -0.493 e. The molecule has 1 N–H and O–H groups in total. The third kappa shape index (κ3) is 6.02. The van der Waals surface area contributed by atoms with Gasteiger partial charge in [-0.1, -0.05) is 42.4 Å². The van der Waals surface area contributed by atoms with E-state index in [-0.39, 0.29) is 18.0 Å². The average molecular weight is 506 g/mol. The molecule has 0 spiro atoms. The number of nitrogens with one attached hydrogen (secondary N) is 1. The van der Waals surface area contributed by atoms with Gasteiger partial charge in [-0.25, -0.2) is 4.98 Å². The van der Waals surface area contributed by atoms with Gasteiger partial charge in [0, 0.05) is 24.7 Å². The summed E-state index contributed by atoms with van der Waals surface area (Å²) in [5, 5.41) is 3.88. The van der Waals surface area contributed by atoms with Crippen LogP contribution < -0.4 is 20.3 Å². The number of nitrogens with zero attached hydrogens (tertiary/aromatic N) is 2. The Kier molecular flexibility index (Phi) is 9.20. The van der Waals surface area contributed by atoms with E-state index < -0.39 is 5.25 Å². The smallest absolute Gasteiger partial charge is 0.262 e. The highest BCUT2D eigenvalue weighted by atomic mass is 35.5. The summed E-state index contributed by atoms with van der Waals surface area (Å²) in [6, 6.07) is 10.6. The van der Waals surface area contributed by atoms with Crippen molar-refractivity contribution in [2.75, 3.05) is 34.5 Å². The first-order valence-electron chi connectivity index (χ1n) is 10.8. The molecule has 8 nitrogen and oxygen atoms in total. The van der Waals surface area contributed by atoms with Gasteiger partial charge in [0.25, 0.3) is 5.56 Å². The van der Waals surface area contributed by atoms with Crippen molar-refractivity contribution in [1.82, 2.24) is 14.9 Å². The number of benzene rings is 2. The minimum absolute atomic E-state index is 0.135. The fourth-order valence-electron chi connectivity index (χ4n) is 3.37. The molecule has 0 saturated carbocycles. The van der Waals surface area contributed by atoms with Gasteiger partial charge in [0.15, 0.2) is 16.7 Å². The molecule has 0 fully saturated rings. The number of hydrogen-bond acceptors (Lipinski definition) is 7. The maximum absolute atomic E-state index is 13.6. The lowest BCUT2D eigenvalue weighted by Crippen LogP contribution is -2.35. The Hall–Kier alpha value is -2.75. The fourth-order valence-corrected chi connectivity index (χ4v) is 4.53. The molecule has 2 aromatic carbocycles. The normalized spacial score (nSPS) is 11.9. The second-order valence-electron chi connectivity index (χ2n) is 7.44. The lowest BCUT2D eigenvalue weighted by atomic mass is 10.2. The van der Waals surface area contributed by atoms with Crippen LogP contribution in [0.5, 0.6) is 11.5 Å². The summed E-state index contributed by atoms with van der Waals surface area (Å²) in [7, 11) is 4.62. The molecule has 1 atom stereocenters. The Labute approximate surface area is 207 Å². The van der Waals surface area contributed by atoms with Crippen LogP contribution >= 0.6 is 23.4 Å². The van der Waals surface area contributed by atoms with Gasteiger partial charge in [-0.3, -0.25) is 14.2 Å². The summed E-state index contributed by atoms with van der Waals surface area (Å²) in [4.78, 5) is 31.1. The van der Waals surface area contributed by atoms with Crippen molar-refractivity contribution in [3.63, 3.8) is 0 Å². The van der Waals surface area contributed by atoms with Crippen molar-refractivity contribution in [3.8, 4) is 11.5 Å². The molecule has 1 aromatic heterocycles. The number of rotatable bonds is 11. The molecule has 182 valence electrons. The SMILES string of the molecule is CC[C@@H](Sc1nc2cc(OC)c(OC)cc2c(=O)n1Cc1ccc(Cl)cc1)C(=O)NCCOC. The zero-order chi connectivity index (χ0) is 24.7. The number of ether oxygens (including phenoxy) is 3. The molecule has 0 radical (unpaired) electrons. The van der Waals surface area contributed by atoms with Gasteiger partial charge in [0.05, 0.1) is 43.5 Å². The minimum atomic E-state index is -0.433. The van der Waals surface area contributed by atoms with Crippen molar-refractivity contribution in [2.24, 2.45) is 0 Å². The molecule has 0 aliphatic carbocycles. The number of amides is 1. The van der Waals surface area contributed by atoms with E-state index in [0.717, 1.165) is 5.56 Å². The van der Waals surface area contributed by atoms with E-state index in [2.05, 4.69) is 5.32 Å². The van der Waals surface area contributed by atoms with Gasteiger partial charge < -0.3 is 19.5 Å². The van der Waals surface area contributed by atoms with Crippen LogP contribution in [0.25, 0.3) is 10.9 Å². The second-order valence-corrected chi connectivity index (χ2v) is 9.04. The number of aromatic nitrogens is 2. The van der Waals surface area contributed by atoms with E-state index in [1.165, 1.54) is 26.0 Å². The fraction of sp³-hybridized carbons (Fsp3) is 0.375. The summed E-state index contributed by atoms with van der Waals surface area (Å²) in [6.45, 7) is 3.03. The lowest BCUT2D eigenvalue weighted by molar-refractivity contribution is -0.120. The third-order valence-corrected chi connectivity index (χ3v) is 6.80. The third-order valence-electron chi connectivity index (χ3n) is 5.19.